The van der Waals surface area contributed by atoms with Crippen LogP contribution in [0, 0.1) is 6.92 Å². The first kappa shape index (κ1) is 13.9. The second kappa shape index (κ2) is 5.15. The predicted molar refractivity (Wildman–Crippen MR) is 83.9 cm³/mol. The number of hydrogen-bond donors (Lipinski definition) is 0. The van der Waals surface area contributed by atoms with Crippen molar-refractivity contribution in [2.45, 2.75) is 25.7 Å². The maximum absolute atomic E-state index is 12.6. The predicted octanol–water partition coefficient (Wildman–Crippen LogP) is 2.35. The number of ether oxygens (including phenoxy) is 1. The molecule has 0 radical (unpaired) electrons. The molecule has 3 aromatic rings. The number of nitrogens with zero attached hydrogens (tertiary/aromatic N) is 4. The number of benzene rings is 1. The van der Waals surface area contributed by atoms with Crippen LogP contribution in [-0.4, -0.2) is 32.5 Å². The highest BCUT2D eigenvalue weighted by molar-refractivity contribution is 5.98. The topological polar surface area (TPSA) is 69.4 Å². The molecule has 0 saturated carbocycles. The molecular formula is C17H16N4O2. The highest BCUT2D eigenvalue weighted by atomic mass is 16.5. The van der Waals surface area contributed by atoms with E-state index in [1.165, 1.54) is 0 Å². The Labute approximate surface area is 133 Å². The average Bonchev–Trinajstić information content (AvgIpc) is 2.92. The van der Waals surface area contributed by atoms with Gasteiger partial charge in [0.2, 0.25) is 0 Å². The molecule has 1 atom stereocenters. The van der Waals surface area contributed by atoms with Crippen LogP contribution in [-0.2, 0) is 6.42 Å². The minimum absolute atomic E-state index is 0.0742. The van der Waals surface area contributed by atoms with Crippen LogP contribution in [0.5, 0.6) is 5.75 Å². The Morgan fingerprint density at radius 2 is 2.04 bits per heavy atom. The fraction of sp³-hybridized carbons (Fsp3) is 0.294. The summed E-state index contributed by atoms with van der Waals surface area (Å²) in [5, 5.41) is 4.23. The largest absolute Gasteiger partial charge is 0.496 e. The third-order valence-electron chi connectivity index (χ3n) is 4.27. The minimum atomic E-state index is 0.0742. The summed E-state index contributed by atoms with van der Waals surface area (Å²) >= 11 is 0. The Kier molecular flexibility index (Phi) is 3.11. The molecule has 116 valence electrons. The van der Waals surface area contributed by atoms with Crippen LogP contribution in [0.25, 0.3) is 5.78 Å². The molecule has 0 spiro atoms. The fourth-order valence-electron chi connectivity index (χ4n) is 3.21. The molecule has 2 aromatic heterocycles. The minimum Gasteiger partial charge on any atom is -0.496 e. The van der Waals surface area contributed by atoms with Gasteiger partial charge in [-0.3, -0.25) is 4.79 Å². The van der Waals surface area contributed by atoms with E-state index in [-0.39, 0.29) is 11.7 Å². The smallest absolute Gasteiger partial charge is 0.252 e. The molecular weight excluding hydrogens is 292 g/mol. The Bertz CT molecular complexity index is 916. The number of hydrogen-bond acceptors (Lipinski definition) is 5. The van der Waals surface area contributed by atoms with E-state index >= 15 is 0 Å². The lowest BCUT2D eigenvalue weighted by molar-refractivity contribution is 0.0962. The molecule has 1 aromatic carbocycles. The molecule has 2 heterocycles. The average molecular weight is 308 g/mol. The Balaban J connectivity index is 1.79. The molecule has 0 fully saturated rings. The molecule has 1 aliphatic rings. The van der Waals surface area contributed by atoms with Gasteiger partial charge in [0.05, 0.1) is 18.4 Å². The van der Waals surface area contributed by atoms with Crippen molar-refractivity contribution in [3.05, 3.63) is 53.1 Å². The van der Waals surface area contributed by atoms with Crippen molar-refractivity contribution in [1.29, 1.82) is 0 Å². The zero-order valence-electron chi connectivity index (χ0n) is 13.0. The van der Waals surface area contributed by atoms with Gasteiger partial charge in [0.1, 0.15) is 11.6 Å². The number of carbonyl (C=O) groups is 1. The van der Waals surface area contributed by atoms with E-state index in [4.69, 9.17) is 4.74 Å². The number of aryl methyl sites for hydroxylation is 1. The fourth-order valence-corrected chi connectivity index (χ4v) is 3.21. The van der Waals surface area contributed by atoms with Crippen molar-refractivity contribution < 1.29 is 9.53 Å². The second-order valence-corrected chi connectivity index (χ2v) is 5.78. The van der Waals surface area contributed by atoms with Gasteiger partial charge in [-0.25, -0.2) is 9.50 Å². The number of rotatable bonds is 2. The van der Waals surface area contributed by atoms with Gasteiger partial charge in [-0.2, -0.15) is 10.1 Å². The van der Waals surface area contributed by atoms with E-state index in [9.17, 15) is 4.79 Å². The zero-order valence-corrected chi connectivity index (χ0v) is 13.0. The third-order valence-corrected chi connectivity index (χ3v) is 4.27. The molecule has 6 nitrogen and oxygen atoms in total. The van der Waals surface area contributed by atoms with Gasteiger partial charge in [0.25, 0.3) is 5.78 Å². The first-order valence-electron chi connectivity index (χ1n) is 7.54. The number of methoxy groups -OCH3 is 1. The molecule has 1 unspecified atom stereocenters. The Hall–Kier alpha value is -2.76. The van der Waals surface area contributed by atoms with E-state index in [0.717, 1.165) is 17.0 Å². The lowest BCUT2D eigenvalue weighted by Gasteiger charge is -2.24. The third kappa shape index (κ3) is 2.27. The van der Waals surface area contributed by atoms with Gasteiger partial charge >= 0.3 is 0 Å². The molecule has 0 aliphatic heterocycles. The van der Waals surface area contributed by atoms with E-state index in [1.807, 2.05) is 31.2 Å². The number of fused-ring (bicyclic) bond motifs is 2. The van der Waals surface area contributed by atoms with Crippen LogP contribution in [0.15, 0.2) is 30.5 Å². The van der Waals surface area contributed by atoms with Gasteiger partial charge in [0, 0.05) is 18.5 Å². The summed E-state index contributed by atoms with van der Waals surface area (Å²) in [6, 6.07) is 7.84. The van der Waals surface area contributed by atoms with E-state index in [0.29, 0.717) is 30.0 Å². The lowest BCUT2D eigenvalue weighted by atomic mass is 9.82. The lowest BCUT2D eigenvalue weighted by Crippen LogP contribution is -2.21. The number of aromatic nitrogens is 4. The van der Waals surface area contributed by atoms with Gasteiger partial charge in [-0.1, -0.05) is 18.2 Å². The number of para-hydroxylation sites is 1. The molecule has 6 heteroatoms. The molecule has 0 bridgehead atoms. The highest BCUT2D eigenvalue weighted by Crippen LogP contribution is 2.36. The van der Waals surface area contributed by atoms with Crippen molar-refractivity contribution in [3.8, 4) is 5.75 Å². The summed E-state index contributed by atoms with van der Waals surface area (Å²) in [4.78, 5) is 21.4. The summed E-state index contributed by atoms with van der Waals surface area (Å²) in [7, 11) is 1.65. The monoisotopic (exact) mass is 308 g/mol. The van der Waals surface area contributed by atoms with Crippen molar-refractivity contribution in [2.75, 3.05) is 7.11 Å². The molecule has 4 rings (SSSR count). The summed E-state index contributed by atoms with van der Waals surface area (Å²) in [5.74, 6) is 2.16. The second-order valence-electron chi connectivity index (χ2n) is 5.78. The molecule has 0 saturated heterocycles. The van der Waals surface area contributed by atoms with Gasteiger partial charge in [-0.05, 0) is 25.0 Å². The SMILES string of the molecule is COc1ccccc1C1CC(=O)c2cn3nc(C)nc3nc2C1. The van der Waals surface area contributed by atoms with E-state index in [1.54, 1.807) is 17.8 Å². The van der Waals surface area contributed by atoms with E-state index in [2.05, 4.69) is 15.1 Å². The van der Waals surface area contributed by atoms with Crippen LogP contribution >= 0.6 is 0 Å². The summed E-state index contributed by atoms with van der Waals surface area (Å²) in [5.41, 5.74) is 2.49. The van der Waals surface area contributed by atoms with Crippen LogP contribution in [0.2, 0.25) is 0 Å². The quantitative estimate of drug-likeness (QED) is 0.727. The van der Waals surface area contributed by atoms with Gasteiger partial charge in [0.15, 0.2) is 5.78 Å². The number of carbonyl (C=O) groups excluding carboxylic acids is 1. The Morgan fingerprint density at radius 3 is 2.87 bits per heavy atom. The maximum Gasteiger partial charge on any atom is 0.252 e. The van der Waals surface area contributed by atoms with Crippen LogP contribution in [0.4, 0.5) is 0 Å². The molecule has 0 amide bonds. The van der Waals surface area contributed by atoms with Crippen molar-refractivity contribution in [2.24, 2.45) is 0 Å². The first-order valence-corrected chi connectivity index (χ1v) is 7.54. The summed E-state index contributed by atoms with van der Waals surface area (Å²) < 4.78 is 7.02. The maximum atomic E-state index is 12.6. The van der Waals surface area contributed by atoms with Crippen LogP contribution in [0.1, 0.15) is 39.8 Å². The Morgan fingerprint density at radius 1 is 1.22 bits per heavy atom. The van der Waals surface area contributed by atoms with Crippen molar-refractivity contribution >= 4 is 11.6 Å². The van der Waals surface area contributed by atoms with Gasteiger partial charge < -0.3 is 4.74 Å². The molecule has 0 N–H and O–H groups in total. The first-order chi connectivity index (χ1) is 11.2. The summed E-state index contributed by atoms with van der Waals surface area (Å²) in [6.45, 7) is 1.81. The van der Waals surface area contributed by atoms with Crippen molar-refractivity contribution in [1.82, 2.24) is 19.6 Å². The normalized spacial score (nSPS) is 17.3. The van der Waals surface area contributed by atoms with Crippen LogP contribution in [0.3, 0.4) is 0 Å². The summed E-state index contributed by atoms with van der Waals surface area (Å²) in [6.07, 6.45) is 2.90. The van der Waals surface area contributed by atoms with Crippen molar-refractivity contribution in [3.63, 3.8) is 0 Å². The van der Waals surface area contributed by atoms with E-state index < -0.39 is 0 Å². The molecule has 23 heavy (non-hydrogen) atoms. The number of Topliss-reactive ketones (excluding diaryl/α,β-unsaturated/α-hetero) is 1. The zero-order chi connectivity index (χ0) is 16.0. The number of ketones is 1. The molecule has 1 aliphatic carbocycles. The highest BCUT2D eigenvalue weighted by Gasteiger charge is 2.30. The van der Waals surface area contributed by atoms with Crippen LogP contribution < -0.4 is 4.74 Å². The standard InChI is InChI=1S/C17H16N4O2/c1-10-18-17-19-14-7-11(12-5-3-4-6-16(12)23-2)8-15(22)13(14)9-21(17)20-10/h3-6,9,11H,7-8H2,1-2H3. The van der Waals surface area contributed by atoms with Gasteiger partial charge in [-0.15, -0.1) is 0 Å².